The van der Waals surface area contributed by atoms with Gasteiger partial charge in [-0.2, -0.15) is 0 Å². The highest BCUT2D eigenvalue weighted by Crippen LogP contribution is 2.50. The molecule has 2 bridgehead atoms. The molecule has 12 aromatic heterocycles. The minimum atomic E-state index is -0.481. The molecular formula is C81H95N31O7. The number of rotatable bonds is 9. The third-order valence-electron chi connectivity index (χ3n) is 25.3. The van der Waals surface area contributed by atoms with Gasteiger partial charge in [-0.25, -0.2) is 94.7 Å². The smallest absolute Gasteiger partial charge is 0.219 e. The number of aryl methyl sites for hydroxylation is 1. The molecule has 12 aliphatic heterocycles. The van der Waals surface area contributed by atoms with E-state index in [2.05, 4.69) is 106 Å². The number of nitrogens with two attached hydrogens (primary N) is 3. The van der Waals surface area contributed by atoms with Gasteiger partial charge in [0.25, 0.3) is 0 Å². The Bertz CT molecular complexity index is 6020. The summed E-state index contributed by atoms with van der Waals surface area (Å²) in [6.45, 7) is 30.5. The standard InChI is InChI=1S/C22H24N8O2.C21H25N7O.C20H24N8O2.C18H22N8O2/c1-21(2)20-26-15-18(29-10-22(11-29)4-3-6-32-22)27-16(28-19(15)30(20)5-7-31-21)13-8-14-17(23-9-13)25-12-24-14;1-11-6-13(9-23-16(11)22)17-25-18-15(19(26-17)28-10-12-7-14(28)8-12)24-20-21(2,3)29-5-4-27(18)20;1-20(2)16-14(24-9-30-20)13-15(25-16)18(28-7-10-3-4-29-12(10)8-28)27-17(26-13)11-5-22-19(21)23-6-11;1-18(2)16-22-12-14(25-8-11(9-25)27-3)23-13(10-6-20-17(19)21-7-10)24-15(12)26(16)4-5-28-18/h8-9,12H,3-7,10-11H2,1-2H3,(H,23,24,25);6,9,12,14H,4-5,7-8,10H2,1-3H3,(H2,22,23);5-6,10,12,14,24H,3-4,7-9H2,1-2H3,(H2,21,22,23);6-7,11H,4-5,8-9H2,1-3H3,(H2,19,20,21). The van der Waals surface area contributed by atoms with Crippen LogP contribution in [0.3, 0.4) is 0 Å². The maximum atomic E-state index is 6.06. The SMILES string of the molecule is CC1(C)OCCn2c1nc1c(N3CC4(CCCO4)C3)nc(-c3cnc4nc[nH]c4c3)nc12.CC1(C)OCNC2C1=Nc1c2nc(-c2cnc(N)nc2)nc1N1CC2CCOC2C1.COC1CN(c2nc(-c3cnc(N)nc3)nc3c2nc2n3CCOC2(C)C)C1.Cc1cc(-c2nc(N3CC4CC3C4)c3nc4n(c3n2)CCOC4(C)C)cnc1N. The number of aromatic nitrogens is 22. The molecule has 3 atom stereocenters. The van der Waals surface area contributed by atoms with E-state index >= 15 is 0 Å². The van der Waals surface area contributed by atoms with Crippen LogP contribution in [0.1, 0.15) is 122 Å². The van der Waals surface area contributed by atoms with Gasteiger partial charge in [-0.05, 0) is 118 Å². The number of aromatic amines is 1. The van der Waals surface area contributed by atoms with Gasteiger partial charge in [0, 0.05) is 133 Å². The molecular weight excluding hydrogens is 1520 g/mol. The molecule has 0 amide bonds. The molecule has 25 rings (SSSR count). The Morgan fingerprint density at radius 1 is 0.513 bits per heavy atom. The fourth-order valence-corrected chi connectivity index (χ4v) is 18.6. The summed E-state index contributed by atoms with van der Waals surface area (Å²) < 4.78 is 47.7. The van der Waals surface area contributed by atoms with Crippen molar-refractivity contribution in [3.05, 3.63) is 84.4 Å². The molecule has 12 aromatic rings. The van der Waals surface area contributed by atoms with Gasteiger partial charge in [0.05, 0.1) is 92.3 Å². The summed E-state index contributed by atoms with van der Waals surface area (Å²) >= 11 is 0. The van der Waals surface area contributed by atoms with Crippen LogP contribution in [0.5, 0.6) is 0 Å². The Morgan fingerprint density at radius 2 is 1.05 bits per heavy atom. The normalized spacial score (nSPS) is 23.4. The molecule has 0 aromatic carbocycles. The quantitative estimate of drug-likeness (QED) is 0.0950. The van der Waals surface area contributed by atoms with Gasteiger partial charge < -0.3 is 88.6 Å². The van der Waals surface area contributed by atoms with Crippen LogP contribution in [0.4, 0.5) is 46.7 Å². The first-order chi connectivity index (χ1) is 57.4. The highest BCUT2D eigenvalue weighted by atomic mass is 16.5. The highest BCUT2D eigenvalue weighted by Gasteiger charge is 2.51. The van der Waals surface area contributed by atoms with Crippen molar-refractivity contribution in [1.82, 2.24) is 114 Å². The minimum absolute atomic E-state index is 0.0322. The molecule has 8 N–H and O–H groups in total. The lowest BCUT2D eigenvalue weighted by molar-refractivity contribution is -0.0532. The average molecular weight is 1610 g/mol. The predicted octanol–water partition coefficient (Wildman–Crippen LogP) is 7.23. The molecule has 38 heteroatoms. The molecule has 1 saturated carbocycles. The number of fused-ring (bicyclic) bond motifs is 15. The first-order valence-electron chi connectivity index (χ1n) is 41.0. The van der Waals surface area contributed by atoms with Crippen molar-refractivity contribution in [2.45, 2.75) is 166 Å². The summed E-state index contributed by atoms with van der Waals surface area (Å²) in [6, 6.07) is 4.48. The lowest BCUT2D eigenvalue weighted by atomic mass is 9.86. The van der Waals surface area contributed by atoms with Crippen LogP contribution in [0.15, 0.2) is 60.6 Å². The van der Waals surface area contributed by atoms with E-state index in [0.717, 1.165) is 216 Å². The van der Waals surface area contributed by atoms with E-state index in [1.807, 2.05) is 46.8 Å². The van der Waals surface area contributed by atoms with Crippen LogP contribution in [-0.2, 0) is 69.6 Å². The summed E-state index contributed by atoms with van der Waals surface area (Å²) in [5, 5.41) is 3.40. The Kier molecular flexibility index (Phi) is 17.8. The fraction of sp³-hybridized carbons (Fsp3) is 0.519. The largest absolute Gasteiger partial charge is 0.383 e. The van der Waals surface area contributed by atoms with E-state index < -0.39 is 22.4 Å². The van der Waals surface area contributed by atoms with E-state index in [1.165, 1.54) is 12.8 Å². The second kappa shape index (κ2) is 28.1. The second-order valence-electron chi connectivity index (χ2n) is 34.8. The van der Waals surface area contributed by atoms with Crippen molar-refractivity contribution in [1.29, 1.82) is 0 Å². The van der Waals surface area contributed by atoms with Crippen molar-refractivity contribution in [3.63, 3.8) is 0 Å². The number of methoxy groups -OCH3 is 1. The number of hydrogen-bond donors (Lipinski definition) is 5. The molecule has 24 heterocycles. The molecule has 38 nitrogen and oxygen atoms in total. The molecule has 9 fully saturated rings. The predicted molar refractivity (Wildman–Crippen MR) is 441 cm³/mol. The number of pyridine rings is 2. The molecule has 1 aliphatic carbocycles. The lowest BCUT2D eigenvalue weighted by Gasteiger charge is -2.47. The van der Waals surface area contributed by atoms with Crippen molar-refractivity contribution < 1.29 is 33.2 Å². The number of ether oxygens (including phenoxy) is 7. The minimum Gasteiger partial charge on any atom is -0.383 e. The monoisotopic (exact) mass is 1610 g/mol. The zero-order valence-electron chi connectivity index (χ0n) is 68.2. The molecule has 119 heavy (non-hydrogen) atoms. The van der Waals surface area contributed by atoms with E-state index in [9.17, 15) is 0 Å². The van der Waals surface area contributed by atoms with Gasteiger partial charge >= 0.3 is 0 Å². The van der Waals surface area contributed by atoms with Gasteiger partial charge in [-0.3, -0.25) is 5.32 Å². The van der Waals surface area contributed by atoms with Crippen LogP contribution in [-0.4, -0.2) is 236 Å². The topological polar surface area (TPSA) is 443 Å². The first kappa shape index (κ1) is 75.1. The summed E-state index contributed by atoms with van der Waals surface area (Å²) in [6.07, 6.45) is 18.1. The third kappa shape index (κ3) is 13.0. The Morgan fingerprint density at radius 3 is 1.61 bits per heavy atom. The molecule has 1 spiro atoms. The zero-order chi connectivity index (χ0) is 81.3. The van der Waals surface area contributed by atoms with Crippen molar-refractivity contribution in [2.75, 3.05) is 129 Å². The van der Waals surface area contributed by atoms with E-state index in [0.29, 0.717) is 85.4 Å². The fourth-order valence-electron chi connectivity index (χ4n) is 18.6. The highest BCUT2D eigenvalue weighted by molar-refractivity contribution is 6.05. The van der Waals surface area contributed by atoms with Gasteiger partial charge in [-0.15, -0.1) is 0 Å². The van der Waals surface area contributed by atoms with Crippen LogP contribution < -0.4 is 42.1 Å². The Balaban J connectivity index is 0.0000000985. The molecule has 616 valence electrons. The van der Waals surface area contributed by atoms with Crippen LogP contribution in [0, 0.1) is 18.8 Å². The Labute approximate surface area is 683 Å². The van der Waals surface area contributed by atoms with Gasteiger partial charge in [0.15, 0.2) is 85.7 Å². The Hall–Kier alpha value is -11.4. The third-order valence-corrected chi connectivity index (χ3v) is 25.3. The number of hydrogen-bond acceptors (Lipinski definition) is 34. The van der Waals surface area contributed by atoms with E-state index in [1.54, 1.807) is 50.6 Å². The molecule has 13 aliphatic rings. The van der Waals surface area contributed by atoms with Crippen molar-refractivity contribution in [2.24, 2.45) is 16.8 Å². The molecule has 3 unspecified atom stereocenters. The number of imidazole rings is 4. The van der Waals surface area contributed by atoms with Crippen LogP contribution in [0.25, 0.3) is 90.2 Å². The maximum Gasteiger partial charge on any atom is 0.219 e. The summed E-state index contributed by atoms with van der Waals surface area (Å²) in [4.78, 5) is 101. The summed E-state index contributed by atoms with van der Waals surface area (Å²) in [5.74, 6) is 10.8. The average Bonchev–Trinajstić information content (AvgIpc) is 1.60. The first-order valence-corrected chi connectivity index (χ1v) is 41.0. The van der Waals surface area contributed by atoms with E-state index in [4.69, 9.17) is 110 Å². The number of anilines is 7. The van der Waals surface area contributed by atoms with Crippen LogP contribution in [0.2, 0.25) is 0 Å². The zero-order valence-corrected chi connectivity index (χ0v) is 68.2. The van der Waals surface area contributed by atoms with Crippen molar-refractivity contribution in [3.8, 4) is 45.6 Å². The number of aliphatic imine (C=N–C) groups is 1. The molecule has 8 saturated heterocycles. The number of nitrogens with zero attached hydrogens (tertiary/aromatic N) is 26. The maximum absolute atomic E-state index is 6.06. The molecule has 0 radical (unpaired) electrons. The van der Waals surface area contributed by atoms with Gasteiger partial charge in [-0.1, -0.05) is 0 Å². The second-order valence-corrected chi connectivity index (χ2v) is 34.8. The number of H-pyrrole nitrogens is 1. The number of nitrogen functional groups attached to an aromatic ring is 3. The van der Waals surface area contributed by atoms with E-state index in [-0.39, 0.29) is 35.7 Å². The number of nitrogens with one attached hydrogen (secondary N) is 2. The van der Waals surface area contributed by atoms with Crippen molar-refractivity contribution >= 4 is 97.0 Å². The van der Waals surface area contributed by atoms with Gasteiger partial charge in [0.1, 0.15) is 57.0 Å². The van der Waals surface area contributed by atoms with Gasteiger partial charge in [0.2, 0.25) is 11.9 Å². The van der Waals surface area contributed by atoms with Crippen LogP contribution >= 0.6 is 0 Å². The lowest BCUT2D eigenvalue weighted by Crippen LogP contribution is -2.62. The summed E-state index contributed by atoms with van der Waals surface area (Å²) in [5.41, 5.74) is 28.6. The summed E-state index contributed by atoms with van der Waals surface area (Å²) in [7, 11) is 1.73.